The van der Waals surface area contributed by atoms with Crippen molar-refractivity contribution in [3.8, 4) is 0 Å². The van der Waals surface area contributed by atoms with E-state index in [0.29, 0.717) is 37.3 Å². The number of anilines is 1. The fourth-order valence-corrected chi connectivity index (χ4v) is 1.48. The highest BCUT2D eigenvalue weighted by Gasteiger charge is 2.12. The predicted molar refractivity (Wildman–Crippen MR) is 69.6 cm³/mol. The molecule has 1 aromatic heterocycles. The van der Waals surface area contributed by atoms with Crippen LogP contribution in [0.15, 0.2) is 18.3 Å². The summed E-state index contributed by atoms with van der Waals surface area (Å²) in [6.07, 6.45) is 3.00. The van der Waals surface area contributed by atoms with Gasteiger partial charge in [0.25, 0.3) is 5.91 Å². The number of carbonyl (C=O) groups excluding carboxylic acids is 2. The number of nitrogens with zero attached hydrogens (tertiary/aromatic N) is 2. The minimum Gasteiger partial charge on any atom is -0.362 e. The number of hydrogen-bond acceptors (Lipinski definition) is 4. The molecule has 0 aliphatic rings. The molecule has 0 aliphatic carbocycles. The second-order valence-electron chi connectivity index (χ2n) is 3.95. The quantitative estimate of drug-likeness (QED) is 0.528. The summed E-state index contributed by atoms with van der Waals surface area (Å²) in [6, 6.07) is 3.47. The zero-order chi connectivity index (χ0) is 13.4. The Kier molecular flexibility index (Phi) is 5.63. The first-order valence-electron chi connectivity index (χ1n) is 5.74. The van der Waals surface area contributed by atoms with E-state index in [0.717, 1.165) is 0 Å². The summed E-state index contributed by atoms with van der Waals surface area (Å²) < 4.78 is 0. The average Bonchev–Trinajstić information content (AvgIpc) is 2.38. The molecular weight excluding hydrogens is 232 g/mol. The second kappa shape index (κ2) is 7.26. The molecule has 0 unspecified atom stereocenters. The molecule has 2 N–H and O–H groups in total. The van der Waals surface area contributed by atoms with Crippen LogP contribution in [0.25, 0.3) is 0 Å². The Morgan fingerprint density at radius 1 is 1.44 bits per heavy atom. The average molecular weight is 250 g/mol. The van der Waals surface area contributed by atoms with Gasteiger partial charge in [-0.3, -0.25) is 9.59 Å². The maximum Gasteiger partial charge on any atom is 0.255 e. The molecule has 0 aromatic carbocycles. The van der Waals surface area contributed by atoms with E-state index in [-0.39, 0.29) is 5.91 Å². The minimum absolute atomic E-state index is 0.155. The van der Waals surface area contributed by atoms with Crippen LogP contribution in [0.5, 0.6) is 0 Å². The van der Waals surface area contributed by atoms with Gasteiger partial charge in [-0.1, -0.05) is 0 Å². The van der Waals surface area contributed by atoms with E-state index in [2.05, 4.69) is 15.6 Å². The molecule has 2 amide bonds. The molecule has 98 valence electrons. The molecule has 1 heterocycles. The van der Waals surface area contributed by atoms with Gasteiger partial charge in [0, 0.05) is 33.4 Å². The zero-order valence-electron chi connectivity index (χ0n) is 10.6. The van der Waals surface area contributed by atoms with Crippen molar-refractivity contribution >= 4 is 18.1 Å². The number of carbonyl (C=O) groups is 2. The van der Waals surface area contributed by atoms with Gasteiger partial charge in [0.1, 0.15) is 5.82 Å². The van der Waals surface area contributed by atoms with Crippen molar-refractivity contribution in [3.63, 3.8) is 0 Å². The normalized spacial score (nSPS) is 9.67. The molecule has 6 heteroatoms. The van der Waals surface area contributed by atoms with E-state index in [4.69, 9.17) is 0 Å². The molecule has 0 bridgehead atoms. The highest BCUT2D eigenvalue weighted by molar-refractivity contribution is 5.98. The number of amides is 2. The topological polar surface area (TPSA) is 74.3 Å². The van der Waals surface area contributed by atoms with Gasteiger partial charge in [-0.15, -0.1) is 0 Å². The molecule has 1 aromatic rings. The van der Waals surface area contributed by atoms with Gasteiger partial charge >= 0.3 is 0 Å². The fourth-order valence-electron chi connectivity index (χ4n) is 1.48. The van der Waals surface area contributed by atoms with Gasteiger partial charge in [-0.2, -0.15) is 0 Å². The molecule has 18 heavy (non-hydrogen) atoms. The second-order valence-corrected chi connectivity index (χ2v) is 3.95. The summed E-state index contributed by atoms with van der Waals surface area (Å²) in [5, 5.41) is 5.33. The molecule has 0 spiro atoms. The van der Waals surface area contributed by atoms with E-state index in [1.807, 2.05) is 14.1 Å². The van der Waals surface area contributed by atoms with Crippen LogP contribution in [-0.2, 0) is 4.79 Å². The number of nitrogens with one attached hydrogen (secondary N) is 2. The molecule has 0 fully saturated rings. The van der Waals surface area contributed by atoms with Crippen LogP contribution in [0.3, 0.4) is 0 Å². The van der Waals surface area contributed by atoms with Crippen molar-refractivity contribution in [1.82, 2.24) is 15.6 Å². The van der Waals surface area contributed by atoms with E-state index in [1.54, 1.807) is 23.2 Å². The van der Waals surface area contributed by atoms with Crippen LogP contribution >= 0.6 is 0 Å². The molecule has 0 atom stereocenters. The molecule has 1 rings (SSSR count). The minimum atomic E-state index is -0.155. The third-order valence-corrected chi connectivity index (χ3v) is 2.32. The van der Waals surface area contributed by atoms with Gasteiger partial charge in [0.2, 0.25) is 6.41 Å². The van der Waals surface area contributed by atoms with Crippen molar-refractivity contribution in [1.29, 1.82) is 0 Å². The number of hydrogen-bond donors (Lipinski definition) is 2. The number of pyridine rings is 1. The maximum absolute atomic E-state index is 11.9. The SMILES string of the molecule is CN(C)c1ncccc1C(=O)NCCCNC=O. The van der Waals surface area contributed by atoms with Crippen LogP contribution in [0.1, 0.15) is 16.8 Å². The molecule has 6 nitrogen and oxygen atoms in total. The van der Waals surface area contributed by atoms with E-state index in [1.165, 1.54) is 0 Å². The third-order valence-electron chi connectivity index (χ3n) is 2.32. The monoisotopic (exact) mass is 250 g/mol. The van der Waals surface area contributed by atoms with Gasteiger partial charge in [0.15, 0.2) is 0 Å². The predicted octanol–water partition coefficient (Wildman–Crippen LogP) is 0.0135. The van der Waals surface area contributed by atoms with Gasteiger partial charge < -0.3 is 15.5 Å². The van der Waals surface area contributed by atoms with Gasteiger partial charge in [-0.25, -0.2) is 4.98 Å². The summed E-state index contributed by atoms with van der Waals surface area (Å²) in [4.78, 5) is 27.9. The summed E-state index contributed by atoms with van der Waals surface area (Å²) in [5.41, 5.74) is 0.547. The van der Waals surface area contributed by atoms with Crippen LogP contribution < -0.4 is 15.5 Å². The van der Waals surface area contributed by atoms with E-state index >= 15 is 0 Å². The fraction of sp³-hybridized carbons (Fsp3) is 0.417. The first-order chi connectivity index (χ1) is 8.66. The van der Waals surface area contributed by atoms with Gasteiger partial charge in [0.05, 0.1) is 5.56 Å². The number of aromatic nitrogens is 1. The van der Waals surface area contributed by atoms with E-state index in [9.17, 15) is 9.59 Å². The van der Waals surface area contributed by atoms with Crippen LogP contribution in [0.4, 0.5) is 5.82 Å². The zero-order valence-corrected chi connectivity index (χ0v) is 10.6. The lowest BCUT2D eigenvalue weighted by Crippen LogP contribution is -2.28. The first-order valence-corrected chi connectivity index (χ1v) is 5.74. The van der Waals surface area contributed by atoms with E-state index < -0.39 is 0 Å². The Morgan fingerprint density at radius 2 is 2.22 bits per heavy atom. The smallest absolute Gasteiger partial charge is 0.255 e. The Labute approximate surface area is 106 Å². The van der Waals surface area contributed by atoms with Crippen molar-refractivity contribution < 1.29 is 9.59 Å². The summed E-state index contributed by atoms with van der Waals surface area (Å²) in [7, 11) is 3.68. The van der Waals surface area contributed by atoms with Crippen molar-refractivity contribution in [2.75, 3.05) is 32.1 Å². The molecule has 0 radical (unpaired) electrons. The Morgan fingerprint density at radius 3 is 2.89 bits per heavy atom. The summed E-state index contributed by atoms with van der Waals surface area (Å²) in [6.45, 7) is 1.07. The highest BCUT2D eigenvalue weighted by atomic mass is 16.1. The van der Waals surface area contributed by atoms with Crippen molar-refractivity contribution in [2.45, 2.75) is 6.42 Å². The Hall–Kier alpha value is -2.11. The van der Waals surface area contributed by atoms with Crippen molar-refractivity contribution in [3.05, 3.63) is 23.9 Å². The Bertz CT molecular complexity index is 407. The molecule has 0 aliphatic heterocycles. The maximum atomic E-state index is 11.9. The lowest BCUT2D eigenvalue weighted by molar-refractivity contribution is -0.109. The summed E-state index contributed by atoms with van der Waals surface area (Å²) in [5.74, 6) is 0.485. The summed E-state index contributed by atoms with van der Waals surface area (Å²) >= 11 is 0. The molecular formula is C12H18N4O2. The third kappa shape index (κ3) is 4.04. The number of rotatable bonds is 7. The largest absolute Gasteiger partial charge is 0.362 e. The molecule has 0 saturated carbocycles. The standard InChI is InChI=1S/C12H18N4O2/c1-16(2)11-10(5-3-7-14-11)12(18)15-8-4-6-13-9-17/h3,5,7,9H,4,6,8H2,1-2H3,(H,13,17)(H,15,18). The highest BCUT2D eigenvalue weighted by Crippen LogP contribution is 2.13. The van der Waals surface area contributed by atoms with Crippen LogP contribution in [0, 0.1) is 0 Å². The molecule has 0 saturated heterocycles. The van der Waals surface area contributed by atoms with Crippen molar-refractivity contribution in [2.24, 2.45) is 0 Å². The van der Waals surface area contributed by atoms with Crippen LogP contribution in [0.2, 0.25) is 0 Å². The Balaban J connectivity index is 2.53. The first kappa shape index (κ1) is 14.0. The van der Waals surface area contributed by atoms with Gasteiger partial charge in [-0.05, 0) is 18.6 Å². The lowest BCUT2D eigenvalue weighted by atomic mass is 10.2. The lowest BCUT2D eigenvalue weighted by Gasteiger charge is -2.15. The van der Waals surface area contributed by atoms with Crippen LogP contribution in [-0.4, -0.2) is 44.5 Å².